The zero-order valence-electron chi connectivity index (χ0n) is 7.56. The third-order valence-electron chi connectivity index (χ3n) is 1.64. The molecule has 78 valence electrons. The number of nitrogens with one attached hydrogen (secondary N) is 1. The van der Waals surface area contributed by atoms with E-state index >= 15 is 0 Å². The maximum Gasteiger partial charge on any atom is 0.336 e. The third kappa shape index (κ3) is 2.53. The molecule has 0 spiro atoms. The van der Waals surface area contributed by atoms with Crippen LogP contribution in [0.5, 0.6) is 0 Å². The molecule has 0 aromatic heterocycles. The lowest BCUT2D eigenvalue weighted by atomic mass is 10.1. The predicted octanol–water partition coefficient (Wildman–Crippen LogP) is 0.193. The standard InChI is InChI=1S/C9H8N2O4/c10-9(15)11-7(12)5-3-1-2-4-6(5)8(13)14/h1-4H,(H,13,14)(H3,10,11,12,15). The lowest BCUT2D eigenvalue weighted by Gasteiger charge is -2.03. The summed E-state index contributed by atoms with van der Waals surface area (Å²) in [7, 11) is 0. The fraction of sp³-hybridized carbons (Fsp3) is 0. The topological polar surface area (TPSA) is 109 Å². The Kier molecular flexibility index (Phi) is 3.02. The monoisotopic (exact) mass is 208 g/mol. The summed E-state index contributed by atoms with van der Waals surface area (Å²) in [5, 5.41) is 10.5. The Bertz CT molecular complexity index is 428. The Morgan fingerprint density at radius 1 is 1.13 bits per heavy atom. The first-order valence-corrected chi connectivity index (χ1v) is 3.95. The van der Waals surface area contributed by atoms with Crippen molar-refractivity contribution in [1.82, 2.24) is 5.32 Å². The molecule has 0 atom stereocenters. The molecule has 0 saturated carbocycles. The van der Waals surface area contributed by atoms with E-state index in [2.05, 4.69) is 0 Å². The van der Waals surface area contributed by atoms with E-state index < -0.39 is 17.9 Å². The lowest BCUT2D eigenvalue weighted by molar-refractivity contribution is 0.0691. The summed E-state index contributed by atoms with van der Waals surface area (Å²) in [5.41, 5.74) is 4.45. The van der Waals surface area contributed by atoms with E-state index in [1.165, 1.54) is 24.3 Å². The van der Waals surface area contributed by atoms with Crippen LogP contribution in [0.2, 0.25) is 0 Å². The number of hydrogen-bond donors (Lipinski definition) is 3. The first-order valence-electron chi connectivity index (χ1n) is 3.95. The minimum Gasteiger partial charge on any atom is -0.478 e. The highest BCUT2D eigenvalue weighted by Crippen LogP contribution is 2.08. The zero-order valence-corrected chi connectivity index (χ0v) is 7.56. The van der Waals surface area contributed by atoms with Crippen molar-refractivity contribution >= 4 is 17.9 Å². The van der Waals surface area contributed by atoms with Gasteiger partial charge in [0, 0.05) is 0 Å². The average Bonchev–Trinajstić information content (AvgIpc) is 2.16. The molecule has 0 aliphatic heterocycles. The van der Waals surface area contributed by atoms with Crippen LogP contribution in [0.1, 0.15) is 20.7 Å². The Balaban J connectivity index is 3.08. The van der Waals surface area contributed by atoms with E-state index in [1.807, 2.05) is 0 Å². The fourth-order valence-corrected chi connectivity index (χ4v) is 1.05. The van der Waals surface area contributed by atoms with Gasteiger partial charge in [0.15, 0.2) is 0 Å². The van der Waals surface area contributed by atoms with E-state index in [0.717, 1.165) is 0 Å². The van der Waals surface area contributed by atoms with Gasteiger partial charge in [-0.2, -0.15) is 0 Å². The summed E-state index contributed by atoms with van der Waals surface area (Å²) in [6, 6.07) is 4.49. The van der Waals surface area contributed by atoms with Crippen molar-refractivity contribution < 1.29 is 19.5 Å². The molecule has 0 heterocycles. The van der Waals surface area contributed by atoms with Crippen molar-refractivity contribution in [2.24, 2.45) is 5.73 Å². The van der Waals surface area contributed by atoms with Gasteiger partial charge in [-0.25, -0.2) is 9.59 Å². The van der Waals surface area contributed by atoms with Gasteiger partial charge in [0.05, 0.1) is 11.1 Å². The van der Waals surface area contributed by atoms with Crippen LogP contribution in [-0.2, 0) is 0 Å². The molecule has 0 radical (unpaired) electrons. The molecule has 0 saturated heterocycles. The summed E-state index contributed by atoms with van der Waals surface area (Å²) in [4.78, 5) is 32.4. The molecular weight excluding hydrogens is 200 g/mol. The van der Waals surface area contributed by atoms with Gasteiger partial charge in [0.1, 0.15) is 0 Å². The van der Waals surface area contributed by atoms with Gasteiger partial charge in [-0.3, -0.25) is 10.1 Å². The van der Waals surface area contributed by atoms with Gasteiger partial charge in [-0.05, 0) is 12.1 Å². The molecule has 1 rings (SSSR count). The van der Waals surface area contributed by atoms with Crippen molar-refractivity contribution in [1.29, 1.82) is 0 Å². The van der Waals surface area contributed by atoms with E-state index in [9.17, 15) is 14.4 Å². The van der Waals surface area contributed by atoms with Crippen LogP contribution in [0.4, 0.5) is 4.79 Å². The third-order valence-corrected chi connectivity index (χ3v) is 1.64. The highest BCUT2D eigenvalue weighted by Gasteiger charge is 2.16. The van der Waals surface area contributed by atoms with E-state index in [0.29, 0.717) is 0 Å². The molecule has 6 nitrogen and oxygen atoms in total. The van der Waals surface area contributed by atoms with E-state index in [1.54, 1.807) is 5.32 Å². The molecule has 0 unspecified atom stereocenters. The van der Waals surface area contributed by atoms with Crippen molar-refractivity contribution in [3.05, 3.63) is 35.4 Å². The van der Waals surface area contributed by atoms with E-state index in [4.69, 9.17) is 10.8 Å². The molecular formula is C9H8N2O4. The highest BCUT2D eigenvalue weighted by molar-refractivity contribution is 6.09. The number of benzene rings is 1. The summed E-state index contributed by atoms with van der Waals surface area (Å²) in [5.74, 6) is -2.08. The first kappa shape index (κ1) is 10.7. The second kappa shape index (κ2) is 4.23. The zero-order chi connectivity index (χ0) is 11.4. The van der Waals surface area contributed by atoms with Gasteiger partial charge in [-0.15, -0.1) is 0 Å². The number of hydrogen-bond acceptors (Lipinski definition) is 3. The molecule has 0 aliphatic rings. The molecule has 6 heteroatoms. The summed E-state index contributed by atoms with van der Waals surface area (Å²) in [6.07, 6.45) is 0. The lowest BCUT2D eigenvalue weighted by Crippen LogP contribution is -2.35. The minimum absolute atomic E-state index is 0.108. The van der Waals surface area contributed by atoms with Gasteiger partial charge in [0.25, 0.3) is 5.91 Å². The second-order valence-corrected chi connectivity index (χ2v) is 2.67. The van der Waals surface area contributed by atoms with Gasteiger partial charge < -0.3 is 10.8 Å². The predicted molar refractivity (Wildman–Crippen MR) is 50.5 cm³/mol. The van der Waals surface area contributed by atoms with Crippen LogP contribution >= 0.6 is 0 Å². The molecule has 0 fully saturated rings. The maximum absolute atomic E-state index is 11.3. The Hall–Kier alpha value is -2.37. The normalized spacial score (nSPS) is 9.33. The molecule has 4 N–H and O–H groups in total. The van der Waals surface area contributed by atoms with Crippen LogP contribution in [0.15, 0.2) is 24.3 Å². The SMILES string of the molecule is NC(=O)NC(=O)c1ccccc1C(=O)O. The second-order valence-electron chi connectivity index (χ2n) is 2.67. The molecule has 3 amide bonds. The number of aromatic carboxylic acids is 1. The number of rotatable bonds is 2. The molecule has 1 aromatic carbocycles. The number of carboxylic acid groups (broad SMARTS) is 1. The van der Waals surface area contributed by atoms with Crippen LogP contribution in [0, 0.1) is 0 Å². The van der Waals surface area contributed by atoms with Gasteiger partial charge in [-0.1, -0.05) is 12.1 Å². The highest BCUT2D eigenvalue weighted by atomic mass is 16.4. The quantitative estimate of drug-likeness (QED) is 0.644. The summed E-state index contributed by atoms with van der Waals surface area (Å²) >= 11 is 0. The number of carbonyl (C=O) groups excluding carboxylic acids is 2. The van der Waals surface area contributed by atoms with Gasteiger partial charge in [0.2, 0.25) is 0 Å². The number of carbonyl (C=O) groups is 3. The fourth-order valence-electron chi connectivity index (χ4n) is 1.05. The van der Waals surface area contributed by atoms with Crippen molar-refractivity contribution in [2.45, 2.75) is 0 Å². The Morgan fingerprint density at radius 3 is 2.13 bits per heavy atom. The largest absolute Gasteiger partial charge is 0.478 e. The first-order chi connectivity index (χ1) is 7.02. The molecule has 15 heavy (non-hydrogen) atoms. The van der Waals surface area contributed by atoms with Crippen molar-refractivity contribution in [2.75, 3.05) is 0 Å². The van der Waals surface area contributed by atoms with Crippen LogP contribution in [0.3, 0.4) is 0 Å². The molecule has 0 bridgehead atoms. The number of carboxylic acids is 1. The van der Waals surface area contributed by atoms with Crippen LogP contribution in [0.25, 0.3) is 0 Å². The molecule has 1 aromatic rings. The Labute approximate surface area is 84.7 Å². The minimum atomic E-state index is -1.25. The van der Waals surface area contributed by atoms with Crippen molar-refractivity contribution in [3.8, 4) is 0 Å². The summed E-state index contributed by atoms with van der Waals surface area (Å²) < 4.78 is 0. The average molecular weight is 208 g/mol. The van der Waals surface area contributed by atoms with Gasteiger partial charge >= 0.3 is 12.0 Å². The number of imide groups is 1. The van der Waals surface area contributed by atoms with Crippen molar-refractivity contribution in [3.63, 3.8) is 0 Å². The van der Waals surface area contributed by atoms with Crippen LogP contribution in [-0.4, -0.2) is 23.0 Å². The Morgan fingerprint density at radius 2 is 1.67 bits per heavy atom. The number of primary amides is 1. The number of amides is 3. The number of nitrogens with two attached hydrogens (primary N) is 1. The van der Waals surface area contributed by atoms with E-state index in [-0.39, 0.29) is 11.1 Å². The maximum atomic E-state index is 11.3. The summed E-state index contributed by atoms with van der Waals surface area (Å²) in [6.45, 7) is 0. The number of urea groups is 1. The smallest absolute Gasteiger partial charge is 0.336 e. The molecule has 0 aliphatic carbocycles. The van der Waals surface area contributed by atoms with Crippen LogP contribution < -0.4 is 11.1 Å².